The molecule has 0 bridgehead atoms. The van der Waals surface area contributed by atoms with E-state index in [2.05, 4.69) is 12.1 Å². The minimum atomic E-state index is 0.235. The Balaban J connectivity index is 1.54. The number of carbonyl (C=O) groups excluding carboxylic acids is 1. The van der Waals surface area contributed by atoms with Crippen LogP contribution in [0.3, 0.4) is 0 Å². The molecule has 2 aromatic rings. The predicted molar refractivity (Wildman–Crippen MR) is 81.5 cm³/mol. The van der Waals surface area contributed by atoms with E-state index in [1.54, 1.807) is 0 Å². The summed E-state index contributed by atoms with van der Waals surface area (Å²) in [5, 5.41) is 0. The molecule has 1 aliphatic carbocycles. The fourth-order valence-corrected chi connectivity index (χ4v) is 2.82. The summed E-state index contributed by atoms with van der Waals surface area (Å²) in [5.74, 6) is 1.07. The van der Waals surface area contributed by atoms with Gasteiger partial charge in [-0.3, -0.25) is 4.79 Å². The number of benzene rings is 2. The Morgan fingerprint density at radius 3 is 2.65 bits per heavy atom. The first-order valence-corrected chi connectivity index (χ1v) is 7.16. The Hall–Kier alpha value is -2.09. The number of hydrogen-bond donors (Lipinski definition) is 1. The molecular formula is C18H19NO. The van der Waals surface area contributed by atoms with Crippen LogP contribution in [0.25, 0.3) is 0 Å². The second-order valence-corrected chi connectivity index (χ2v) is 5.57. The van der Waals surface area contributed by atoms with Crippen molar-refractivity contribution in [2.45, 2.75) is 25.2 Å². The van der Waals surface area contributed by atoms with Crippen LogP contribution in [0.5, 0.6) is 0 Å². The van der Waals surface area contributed by atoms with Crippen molar-refractivity contribution in [2.24, 2.45) is 5.92 Å². The number of ketones is 1. The number of Topliss-reactive ketones (excluding diaryl/α,β-unsaturated/α-hetero) is 1. The van der Waals surface area contributed by atoms with Gasteiger partial charge in [0.15, 0.2) is 0 Å². The molecule has 0 amide bonds. The van der Waals surface area contributed by atoms with Crippen LogP contribution in [0.1, 0.15) is 29.9 Å². The molecular weight excluding hydrogens is 246 g/mol. The minimum absolute atomic E-state index is 0.235. The van der Waals surface area contributed by atoms with Crippen molar-refractivity contribution in [3.63, 3.8) is 0 Å². The van der Waals surface area contributed by atoms with Crippen molar-refractivity contribution >= 4 is 11.5 Å². The molecule has 0 aromatic heterocycles. The Morgan fingerprint density at radius 1 is 1.10 bits per heavy atom. The van der Waals surface area contributed by atoms with Crippen molar-refractivity contribution in [1.82, 2.24) is 0 Å². The lowest BCUT2D eigenvalue weighted by molar-refractivity contribution is -0.120. The van der Waals surface area contributed by atoms with Crippen molar-refractivity contribution < 1.29 is 4.79 Å². The fourth-order valence-electron chi connectivity index (χ4n) is 2.82. The summed E-state index contributed by atoms with van der Waals surface area (Å²) in [6, 6.07) is 18.1. The zero-order valence-electron chi connectivity index (χ0n) is 11.5. The van der Waals surface area contributed by atoms with E-state index in [4.69, 9.17) is 5.73 Å². The highest BCUT2D eigenvalue weighted by Gasteiger charge is 2.42. The first kappa shape index (κ1) is 12.9. The molecule has 1 aliphatic rings. The Morgan fingerprint density at radius 2 is 1.90 bits per heavy atom. The SMILES string of the molecule is Nc1cccc(CCC(=O)C2CC2c2ccccc2)c1. The van der Waals surface area contributed by atoms with Gasteiger partial charge in [0.2, 0.25) is 0 Å². The van der Waals surface area contributed by atoms with Crippen LogP contribution < -0.4 is 5.73 Å². The number of anilines is 1. The van der Waals surface area contributed by atoms with Gasteiger partial charge in [0.25, 0.3) is 0 Å². The third kappa shape index (κ3) is 2.90. The maximum atomic E-state index is 12.2. The average Bonchev–Trinajstić information content (AvgIpc) is 3.26. The van der Waals surface area contributed by atoms with Crippen LogP contribution in [0.15, 0.2) is 54.6 Å². The Kier molecular flexibility index (Phi) is 3.55. The molecule has 3 rings (SSSR count). The van der Waals surface area contributed by atoms with Gasteiger partial charge in [-0.2, -0.15) is 0 Å². The lowest BCUT2D eigenvalue weighted by Crippen LogP contribution is -2.04. The molecule has 1 fully saturated rings. The minimum Gasteiger partial charge on any atom is -0.399 e. The topological polar surface area (TPSA) is 43.1 Å². The normalized spacial score (nSPS) is 20.6. The molecule has 0 spiro atoms. The van der Waals surface area contributed by atoms with Crippen LogP contribution in [0.2, 0.25) is 0 Å². The van der Waals surface area contributed by atoms with Crippen LogP contribution in [-0.4, -0.2) is 5.78 Å². The summed E-state index contributed by atoms with van der Waals surface area (Å²) in [4.78, 5) is 12.2. The molecule has 2 nitrogen and oxygen atoms in total. The Bertz CT molecular complexity index is 606. The van der Waals surface area contributed by atoms with Gasteiger partial charge in [-0.15, -0.1) is 0 Å². The molecule has 2 N–H and O–H groups in total. The average molecular weight is 265 g/mol. The van der Waals surface area contributed by atoms with Gasteiger partial charge in [-0.25, -0.2) is 0 Å². The van der Waals surface area contributed by atoms with E-state index in [1.807, 2.05) is 42.5 Å². The third-order valence-electron chi connectivity index (χ3n) is 4.04. The van der Waals surface area contributed by atoms with Crippen LogP contribution in [0, 0.1) is 5.92 Å². The molecule has 2 aromatic carbocycles. The van der Waals surface area contributed by atoms with Crippen molar-refractivity contribution in [1.29, 1.82) is 0 Å². The van der Waals surface area contributed by atoms with E-state index in [9.17, 15) is 4.79 Å². The monoisotopic (exact) mass is 265 g/mol. The second kappa shape index (κ2) is 5.49. The van der Waals surface area contributed by atoms with Gasteiger partial charge in [0.1, 0.15) is 5.78 Å². The molecule has 0 aliphatic heterocycles. The highest BCUT2D eigenvalue weighted by atomic mass is 16.1. The van der Waals surface area contributed by atoms with Gasteiger partial charge < -0.3 is 5.73 Å². The zero-order chi connectivity index (χ0) is 13.9. The van der Waals surface area contributed by atoms with Crippen LogP contribution >= 0.6 is 0 Å². The number of hydrogen-bond acceptors (Lipinski definition) is 2. The number of nitrogens with two attached hydrogens (primary N) is 1. The molecule has 0 heterocycles. The first-order chi connectivity index (χ1) is 9.74. The first-order valence-electron chi connectivity index (χ1n) is 7.16. The summed E-state index contributed by atoms with van der Waals surface area (Å²) in [6.07, 6.45) is 2.43. The van der Waals surface area contributed by atoms with E-state index < -0.39 is 0 Å². The molecule has 0 saturated heterocycles. The van der Waals surface area contributed by atoms with Crippen LogP contribution in [-0.2, 0) is 11.2 Å². The molecule has 1 saturated carbocycles. The lowest BCUT2D eigenvalue weighted by Gasteiger charge is -2.03. The number of nitrogen functional groups attached to an aromatic ring is 1. The molecule has 2 unspecified atom stereocenters. The van der Waals surface area contributed by atoms with Gasteiger partial charge in [0.05, 0.1) is 0 Å². The quantitative estimate of drug-likeness (QED) is 0.840. The number of carbonyl (C=O) groups is 1. The van der Waals surface area contributed by atoms with Crippen LogP contribution in [0.4, 0.5) is 5.69 Å². The summed E-state index contributed by atoms with van der Waals surface area (Å²) in [6.45, 7) is 0. The largest absolute Gasteiger partial charge is 0.399 e. The van der Waals surface area contributed by atoms with Crippen molar-refractivity contribution in [3.8, 4) is 0 Å². The maximum absolute atomic E-state index is 12.2. The van der Waals surface area contributed by atoms with E-state index in [0.29, 0.717) is 18.1 Å². The van der Waals surface area contributed by atoms with Gasteiger partial charge >= 0.3 is 0 Å². The third-order valence-corrected chi connectivity index (χ3v) is 4.04. The highest BCUT2D eigenvalue weighted by Crippen LogP contribution is 2.48. The van der Waals surface area contributed by atoms with E-state index in [0.717, 1.165) is 24.1 Å². The molecule has 102 valence electrons. The number of rotatable bonds is 5. The van der Waals surface area contributed by atoms with E-state index in [-0.39, 0.29) is 5.92 Å². The van der Waals surface area contributed by atoms with E-state index in [1.165, 1.54) is 5.56 Å². The van der Waals surface area contributed by atoms with Gasteiger partial charge in [-0.1, -0.05) is 42.5 Å². The summed E-state index contributed by atoms with van der Waals surface area (Å²) >= 11 is 0. The lowest BCUT2D eigenvalue weighted by atomic mass is 10.0. The summed E-state index contributed by atoms with van der Waals surface area (Å²) in [5.41, 5.74) is 8.97. The molecule has 2 atom stereocenters. The fraction of sp³-hybridized carbons (Fsp3) is 0.278. The van der Waals surface area contributed by atoms with Gasteiger partial charge in [-0.05, 0) is 42.0 Å². The Labute approximate surface area is 119 Å². The predicted octanol–water partition coefficient (Wildman–Crippen LogP) is 3.57. The maximum Gasteiger partial charge on any atom is 0.136 e. The summed E-state index contributed by atoms with van der Waals surface area (Å²) in [7, 11) is 0. The zero-order valence-corrected chi connectivity index (χ0v) is 11.5. The number of aryl methyl sites for hydroxylation is 1. The highest BCUT2D eigenvalue weighted by molar-refractivity contribution is 5.85. The molecule has 2 heteroatoms. The van der Waals surface area contributed by atoms with Crippen molar-refractivity contribution in [3.05, 3.63) is 65.7 Å². The molecule has 20 heavy (non-hydrogen) atoms. The standard InChI is InChI=1S/C18H19NO/c19-15-8-4-5-13(11-15)9-10-18(20)17-12-16(17)14-6-2-1-3-7-14/h1-8,11,16-17H,9-10,12,19H2. The smallest absolute Gasteiger partial charge is 0.136 e. The second-order valence-electron chi connectivity index (χ2n) is 5.57. The van der Waals surface area contributed by atoms with E-state index >= 15 is 0 Å². The summed E-state index contributed by atoms with van der Waals surface area (Å²) < 4.78 is 0. The molecule has 0 radical (unpaired) electrons. The van der Waals surface area contributed by atoms with Crippen molar-refractivity contribution in [2.75, 3.05) is 5.73 Å². The van der Waals surface area contributed by atoms with Gasteiger partial charge in [0, 0.05) is 18.0 Å².